The Bertz CT molecular complexity index is 230. The van der Waals surface area contributed by atoms with Gasteiger partial charge in [-0.05, 0) is 18.9 Å². The molecule has 0 aromatic heterocycles. The second-order valence-corrected chi connectivity index (χ2v) is 3.37. The highest BCUT2D eigenvalue weighted by molar-refractivity contribution is 5.20. The van der Waals surface area contributed by atoms with E-state index in [1.807, 2.05) is 6.07 Å². The van der Waals surface area contributed by atoms with Crippen molar-refractivity contribution in [2.75, 3.05) is 7.11 Å². The lowest BCUT2D eigenvalue weighted by Gasteiger charge is -2.21. The van der Waals surface area contributed by atoms with Crippen molar-refractivity contribution in [3.63, 3.8) is 0 Å². The first-order valence-corrected chi connectivity index (χ1v) is 4.87. The molecular formula is C12H18O. The minimum atomic E-state index is 0.299. The molecule has 2 unspecified atom stereocenters. The lowest BCUT2D eigenvalue weighted by molar-refractivity contribution is 0.0926. The first-order valence-electron chi connectivity index (χ1n) is 4.87. The quantitative estimate of drug-likeness (QED) is 0.688. The molecule has 0 saturated carbocycles. The van der Waals surface area contributed by atoms with Crippen molar-refractivity contribution in [3.05, 3.63) is 35.9 Å². The topological polar surface area (TPSA) is 9.23 Å². The van der Waals surface area contributed by atoms with Crippen molar-refractivity contribution in [2.45, 2.75) is 32.3 Å². The fraction of sp³-hybridized carbons (Fsp3) is 0.500. The molecule has 13 heavy (non-hydrogen) atoms. The van der Waals surface area contributed by atoms with E-state index in [1.54, 1.807) is 7.11 Å². The zero-order valence-electron chi connectivity index (χ0n) is 8.66. The van der Waals surface area contributed by atoms with E-state index in [2.05, 4.69) is 38.1 Å². The Morgan fingerprint density at radius 3 is 2.31 bits per heavy atom. The normalized spacial score (nSPS) is 15.3. The SMILES string of the molecule is CCC(c1ccccc1)C(C)OC. The van der Waals surface area contributed by atoms with Gasteiger partial charge in [-0.25, -0.2) is 0 Å². The van der Waals surface area contributed by atoms with Crippen molar-refractivity contribution in [2.24, 2.45) is 0 Å². The van der Waals surface area contributed by atoms with Crippen LogP contribution in [0.1, 0.15) is 31.7 Å². The molecule has 0 aliphatic rings. The Hall–Kier alpha value is -0.820. The number of rotatable bonds is 4. The monoisotopic (exact) mass is 178 g/mol. The highest BCUT2D eigenvalue weighted by Gasteiger charge is 2.15. The molecule has 0 radical (unpaired) electrons. The number of benzene rings is 1. The molecule has 1 nitrogen and oxygen atoms in total. The van der Waals surface area contributed by atoms with Gasteiger partial charge >= 0.3 is 0 Å². The lowest BCUT2D eigenvalue weighted by Crippen LogP contribution is -2.16. The molecule has 0 bridgehead atoms. The maximum atomic E-state index is 5.36. The van der Waals surface area contributed by atoms with Gasteiger partial charge in [-0.15, -0.1) is 0 Å². The van der Waals surface area contributed by atoms with Crippen molar-refractivity contribution >= 4 is 0 Å². The minimum absolute atomic E-state index is 0.299. The largest absolute Gasteiger partial charge is 0.381 e. The summed E-state index contributed by atoms with van der Waals surface area (Å²) in [6.45, 7) is 4.33. The lowest BCUT2D eigenvalue weighted by atomic mass is 9.92. The van der Waals surface area contributed by atoms with E-state index in [-0.39, 0.29) is 0 Å². The smallest absolute Gasteiger partial charge is 0.0611 e. The van der Waals surface area contributed by atoms with E-state index in [1.165, 1.54) is 5.56 Å². The summed E-state index contributed by atoms with van der Waals surface area (Å²) in [7, 11) is 1.77. The highest BCUT2D eigenvalue weighted by atomic mass is 16.5. The molecule has 0 aliphatic heterocycles. The van der Waals surface area contributed by atoms with Crippen molar-refractivity contribution in [3.8, 4) is 0 Å². The summed E-state index contributed by atoms with van der Waals surface area (Å²) in [5.74, 6) is 0.520. The second-order valence-electron chi connectivity index (χ2n) is 3.37. The molecule has 0 heterocycles. The van der Waals surface area contributed by atoms with E-state index in [4.69, 9.17) is 4.74 Å². The first-order chi connectivity index (χ1) is 6.29. The molecule has 1 rings (SSSR count). The van der Waals surface area contributed by atoms with Gasteiger partial charge < -0.3 is 4.74 Å². The van der Waals surface area contributed by atoms with Crippen LogP contribution < -0.4 is 0 Å². The van der Waals surface area contributed by atoms with Crippen molar-refractivity contribution in [1.82, 2.24) is 0 Å². The van der Waals surface area contributed by atoms with Crippen LogP contribution in [0.5, 0.6) is 0 Å². The summed E-state index contributed by atoms with van der Waals surface area (Å²) >= 11 is 0. The van der Waals surface area contributed by atoms with Crippen LogP contribution >= 0.6 is 0 Å². The Labute approximate surface area is 80.7 Å². The predicted octanol–water partition coefficient (Wildman–Crippen LogP) is 3.22. The molecule has 0 N–H and O–H groups in total. The van der Waals surface area contributed by atoms with Crippen LogP contribution in [0.2, 0.25) is 0 Å². The van der Waals surface area contributed by atoms with Gasteiger partial charge in [0.1, 0.15) is 0 Å². The predicted molar refractivity (Wildman–Crippen MR) is 55.9 cm³/mol. The van der Waals surface area contributed by atoms with Gasteiger partial charge in [0.05, 0.1) is 6.10 Å². The molecule has 0 aliphatic carbocycles. The fourth-order valence-electron chi connectivity index (χ4n) is 1.70. The van der Waals surface area contributed by atoms with Crippen LogP contribution in [-0.4, -0.2) is 13.2 Å². The highest BCUT2D eigenvalue weighted by Crippen LogP contribution is 2.24. The van der Waals surface area contributed by atoms with E-state index in [9.17, 15) is 0 Å². The third-order valence-corrected chi connectivity index (χ3v) is 2.61. The van der Waals surface area contributed by atoms with Gasteiger partial charge in [0.25, 0.3) is 0 Å². The number of ether oxygens (including phenoxy) is 1. The Kier molecular flexibility index (Phi) is 3.97. The van der Waals surface area contributed by atoms with Gasteiger partial charge in [-0.3, -0.25) is 0 Å². The summed E-state index contributed by atoms with van der Waals surface area (Å²) < 4.78 is 5.36. The van der Waals surface area contributed by atoms with Crippen LogP contribution in [0.4, 0.5) is 0 Å². The molecular weight excluding hydrogens is 160 g/mol. The minimum Gasteiger partial charge on any atom is -0.381 e. The summed E-state index contributed by atoms with van der Waals surface area (Å²) in [4.78, 5) is 0. The zero-order valence-corrected chi connectivity index (χ0v) is 8.66. The maximum Gasteiger partial charge on any atom is 0.0611 e. The van der Waals surface area contributed by atoms with E-state index in [0.717, 1.165) is 6.42 Å². The van der Waals surface area contributed by atoms with Crippen molar-refractivity contribution < 1.29 is 4.74 Å². The zero-order chi connectivity index (χ0) is 9.68. The Morgan fingerprint density at radius 1 is 1.23 bits per heavy atom. The average Bonchev–Trinajstić information content (AvgIpc) is 2.20. The average molecular weight is 178 g/mol. The number of hydrogen-bond acceptors (Lipinski definition) is 1. The number of methoxy groups -OCH3 is 1. The maximum absolute atomic E-state index is 5.36. The summed E-state index contributed by atoms with van der Waals surface area (Å²) in [5.41, 5.74) is 1.37. The number of hydrogen-bond donors (Lipinski definition) is 0. The van der Waals surface area contributed by atoms with E-state index in [0.29, 0.717) is 12.0 Å². The third kappa shape index (κ3) is 2.56. The van der Waals surface area contributed by atoms with Gasteiger partial charge in [0.2, 0.25) is 0 Å². The van der Waals surface area contributed by atoms with E-state index >= 15 is 0 Å². The third-order valence-electron chi connectivity index (χ3n) is 2.61. The van der Waals surface area contributed by atoms with Gasteiger partial charge in [-0.2, -0.15) is 0 Å². The molecule has 1 aromatic carbocycles. The fourth-order valence-corrected chi connectivity index (χ4v) is 1.70. The van der Waals surface area contributed by atoms with Gasteiger partial charge in [-0.1, -0.05) is 37.3 Å². The molecule has 0 amide bonds. The molecule has 0 spiro atoms. The summed E-state index contributed by atoms with van der Waals surface area (Å²) in [6.07, 6.45) is 1.42. The summed E-state index contributed by atoms with van der Waals surface area (Å²) in [5, 5.41) is 0. The molecule has 2 atom stereocenters. The van der Waals surface area contributed by atoms with Crippen LogP contribution in [-0.2, 0) is 4.74 Å². The van der Waals surface area contributed by atoms with E-state index < -0.39 is 0 Å². The second kappa shape index (κ2) is 5.03. The molecule has 1 aromatic rings. The van der Waals surface area contributed by atoms with Crippen LogP contribution in [0.3, 0.4) is 0 Å². The summed E-state index contributed by atoms with van der Waals surface area (Å²) in [6, 6.07) is 10.6. The molecule has 72 valence electrons. The molecule has 1 heteroatoms. The standard InChI is InChI=1S/C12H18O/c1-4-12(10(2)13-3)11-8-6-5-7-9-11/h5-10,12H,4H2,1-3H3. The van der Waals surface area contributed by atoms with Crippen LogP contribution in [0, 0.1) is 0 Å². The van der Waals surface area contributed by atoms with Gasteiger partial charge in [0, 0.05) is 13.0 Å². The Morgan fingerprint density at radius 2 is 1.85 bits per heavy atom. The Balaban J connectivity index is 2.78. The van der Waals surface area contributed by atoms with Crippen LogP contribution in [0.25, 0.3) is 0 Å². The molecule has 0 fully saturated rings. The van der Waals surface area contributed by atoms with Gasteiger partial charge in [0.15, 0.2) is 0 Å². The first kappa shape index (κ1) is 10.3. The van der Waals surface area contributed by atoms with Crippen molar-refractivity contribution in [1.29, 1.82) is 0 Å². The van der Waals surface area contributed by atoms with Crippen LogP contribution in [0.15, 0.2) is 30.3 Å². The molecule has 0 saturated heterocycles.